The lowest BCUT2D eigenvalue weighted by atomic mass is 9.79. The summed E-state index contributed by atoms with van der Waals surface area (Å²) in [5.41, 5.74) is 0. The smallest absolute Gasteiger partial charge is 0.239 e. The summed E-state index contributed by atoms with van der Waals surface area (Å²) in [7, 11) is 0. The highest BCUT2D eigenvalue weighted by Gasteiger charge is 2.26. The molecule has 2 aliphatic rings. The summed E-state index contributed by atoms with van der Waals surface area (Å²) in [5, 5.41) is 12.2. The second-order valence-electron chi connectivity index (χ2n) is 5.71. The van der Waals surface area contributed by atoms with Crippen molar-refractivity contribution in [2.75, 3.05) is 26.2 Å². The number of hydrogen-bond donors (Lipinski definition) is 2. The van der Waals surface area contributed by atoms with Gasteiger partial charge in [-0.3, -0.25) is 9.59 Å². The highest BCUT2D eigenvalue weighted by molar-refractivity contribution is 5.85. The largest absolute Gasteiger partial charge is 0.396 e. The second kappa shape index (κ2) is 6.89. The predicted octanol–water partition coefficient (Wildman–Crippen LogP) is 0.524. The summed E-state index contributed by atoms with van der Waals surface area (Å²) in [6.45, 7) is 1.74. The Hall–Kier alpha value is -1.10. The second-order valence-corrected chi connectivity index (χ2v) is 5.71. The first kappa shape index (κ1) is 14.3. The Morgan fingerprint density at radius 1 is 1.26 bits per heavy atom. The highest BCUT2D eigenvalue weighted by Crippen LogP contribution is 2.29. The molecule has 0 spiro atoms. The van der Waals surface area contributed by atoms with E-state index >= 15 is 0 Å². The van der Waals surface area contributed by atoms with Crippen LogP contribution in [-0.2, 0) is 9.59 Å². The zero-order valence-corrected chi connectivity index (χ0v) is 11.4. The van der Waals surface area contributed by atoms with Gasteiger partial charge in [-0.1, -0.05) is 12.8 Å². The van der Waals surface area contributed by atoms with Crippen LogP contribution in [0.1, 0.15) is 38.5 Å². The topological polar surface area (TPSA) is 69.6 Å². The van der Waals surface area contributed by atoms with Crippen LogP contribution in [0.15, 0.2) is 0 Å². The predicted molar refractivity (Wildman–Crippen MR) is 71.4 cm³/mol. The molecule has 1 heterocycles. The standard InChI is InChI=1S/C14H24N2O3/c17-10-12-5-2-1-4-11(12)8-15-13(18)9-16-7-3-6-14(16)19/h11-12,17H,1-10H2,(H,15,18). The first-order chi connectivity index (χ1) is 9.20. The van der Waals surface area contributed by atoms with Crippen LogP contribution in [0.4, 0.5) is 0 Å². The third kappa shape index (κ3) is 3.93. The summed E-state index contributed by atoms with van der Waals surface area (Å²) >= 11 is 0. The number of carbonyl (C=O) groups excluding carboxylic acids is 2. The Bertz CT molecular complexity index is 333. The van der Waals surface area contributed by atoms with Crippen molar-refractivity contribution in [2.24, 2.45) is 11.8 Å². The fraction of sp³-hybridized carbons (Fsp3) is 0.857. The number of amides is 2. The molecule has 2 atom stereocenters. The molecule has 2 N–H and O–H groups in total. The van der Waals surface area contributed by atoms with Gasteiger partial charge in [-0.2, -0.15) is 0 Å². The minimum atomic E-state index is -0.0717. The molecular formula is C14H24N2O3. The van der Waals surface area contributed by atoms with E-state index in [9.17, 15) is 14.7 Å². The van der Waals surface area contributed by atoms with Crippen LogP contribution in [0.3, 0.4) is 0 Å². The summed E-state index contributed by atoms with van der Waals surface area (Å²) < 4.78 is 0. The van der Waals surface area contributed by atoms with Crippen molar-refractivity contribution >= 4 is 11.8 Å². The lowest BCUT2D eigenvalue weighted by Crippen LogP contribution is -2.41. The van der Waals surface area contributed by atoms with Gasteiger partial charge in [-0.15, -0.1) is 0 Å². The summed E-state index contributed by atoms with van der Waals surface area (Å²) in [6, 6.07) is 0. The minimum absolute atomic E-state index is 0.0717. The molecule has 1 saturated carbocycles. The van der Waals surface area contributed by atoms with Crippen LogP contribution in [0.2, 0.25) is 0 Å². The van der Waals surface area contributed by atoms with Gasteiger partial charge in [0.1, 0.15) is 0 Å². The maximum Gasteiger partial charge on any atom is 0.239 e. The van der Waals surface area contributed by atoms with E-state index in [1.807, 2.05) is 0 Å². The lowest BCUT2D eigenvalue weighted by molar-refractivity contribution is -0.133. The third-order valence-electron chi connectivity index (χ3n) is 4.37. The average molecular weight is 268 g/mol. The van der Waals surface area contributed by atoms with Gasteiger partial charge >= 0.3 is 0 Å². The van der Waals surface area contributed by atoms with Gasteiger partial charge in [0.2, 0.25) is 11.8 Å². The molecule has 5 heteroatoms. The molecule has 2 amide bonds. The number of carbonyl (C=O) groups is 2. The van der Waals surface area contributed by atoms with Crippen LogP contribution in [0.25, 0.3) is 0 Å². The number of aliphatic hydroxyl groups is 1. The SMILES string of the molecule is O=C(CN1CCCC1=O)NCC1CCCCC1CO. The normalized spacial score (nSPS) is 27.6. The average Bonchev–Trinajstić information content (AvgIpc) is 2.82. The van der Waals surface area contributed by atoms with Crippen LogP contribution >= 0.6 is 0 Å². The highest BCUT2D eigenvalue weighted by atomic mass is 16.3. The van der Waals surface area contributed by atoms with Gasteiger partial charge in [-0.25, -0.2) is 0 Å². The van der Waals surface area contributed by atoms with E-state index < -0.39 is 0 Å². The molecule has 2 rings (SSSR count). The molecule has 1 saturated heterocycles. The zero-order chi connectivity index (χ0) is 13.7. The van der Waals surface area contributed by atoms with E-state index in [2.05, 4.69) is 5.32 Å². The van der Waals surface area contributed by atoms with Crippen LogP contribution in [0.5, 0.6) is 0 Å². The van der Waals surface area contributed by atoms with E-state index in [-0.39, 0.29) is 25.0 Å². The van der Waals surface area contributed by atoms with Gasteiger partial charge in [-0.05, 0) is 31.1 Å². The Morgan fingerprint density at radius 2 is 2.00 bits per heavy atom. The number of nitrogens with zero attached hydrogens (tertiary/aromatic N) is 1. The van der Waals surface area contributed by atoms with Gasteiger partial charge < -0.3 is 15.3 Å². The number of rotatable bonds is 5. The van der Waals surface area contributed by atoms with Crippen LogP contribution in [-0.4, -0.2) is 48.1 Å². The van der Waals surface area contributed by atoms with Crippen molar-refractivity contribution in [3.63, 3.8) is 0 Å². The molecule has 108 valence electrons. The molecule has 2 fully saturated rings. The summed E-state index contributed by atoms with van der Waals surface area (Å²) in [4.78, 5) is 24.9. The van der Waals surface area contributed by atoms with E-state index in [0.29, 0.717) is 31.3 Å². The van der Waals surface area contributed by atoms with Gasteiger partial charge in [0, 0.05) is 26.1 Å². The Kier molecular flexibility index (Phi) is 5.19. The lowest BCUT2D eigenvalue weighted by Gasteiger charge is -2.30. The monoisotopic (exact) mass is 268 g/mol. The molecule has 0 bridgehead atoms. The third-order valence-corrected chi connectivity index (χ3v) is 4.37. The van der Waals surface area contributed by atoms with Crippen molar-refractivity contribution in [3.05, 3.63) is 0 Å². The maximum atomic E-state index is 11.8. The molecule has 1 aliphatic heterocycles. The molecular weight excluding hydrogens is 244 g/mol. The van der Waals surface area contributed by atoms with E-state index in [1.54, 1.807) is 4.90 Å². The molecule has 2 unspecified atom stereocenters. The van der Waals surface area contributed by atoms with E-state index in [0.717, 1.165) is 19.3 Å². The van der Waals surface area contributed by atoms with Crippen LogP contribution < -0.4 is 5.32 Å². The molecule has 0 aromatic heterocycles. The molecule has 1 aliphatic carbocycles. The number of nitrogens with one attached hydrogen (secondary N) is 1. The Balaban J connectivity index is 1.71. The maximum absolute atomic E-state index is 11.8. The van der Waals surface area contributed by atoms with Crippen molar-refractivity contribution in [1.29, 1.82) is 0 Å². The van der Waals surface area contributed by atoms with Gasteiger partial charge in [0.15, 0.2) is 0 Å². The molecule has 5 nitrogen and oxygen atoms in total. The van der Waals surface area contributed by atoms with Gasteiger partial charge in [0.25, 0.3) is 0 Å². The number of likely N-dealkylation sites (tertiary alicyclic amines) is 1. The molecule has 0 radical (unpaired) electrons. The first-order valence-electron chi connectivity index (χ1n) is 7.36. The summed E-state index contributed by atoms with van der Waals surface area (Å²) in [5.74, 6) is 0.720. The zero-order valence-electron chi connectivity index (χ0n) is 11.4. The fourth-order valence-electron chi connectivity index (χ4n) is 3.14. The van der Waals surface area contributed by atoms with Crippen molar-refractivity contribution < 1.29 is 14.7 Å². The van der Waals surface area contributed by atoms with Crippen LogP contribution in [0, 0.1) is 11.8 Å². The molecule has 0 aromatic carbocycles. The fourth-order valence-corrected chi connectivity index (χ4v) is 3.14. The van der Waals surface area contributed by atoms with E-state index in [4.69, 9.17) is 0 Å². The number of aliphatic hydroxyl groups excluding tert-OH is 1. The van der Waals surface area contributed by atoms with Crippen molar-refractivity contribution in [3.8, 4) is 0 Å². The Morgan fingerprint density at radius 3 is 2.63 bits per heavy atom. The molecule has 0 aromatic rings. The Labute approximate surface area is 114 Å². The van der Waals surface area contributed by atoms with Crippen molar-refractivity contribution in [1.82, 2.24) is 10.2 Å². The minimum Gasteiger partial charge on any atom is -0.396 e. The van der Waals surface area contributed by atoms with Crippen molar-refractivity contribution in [2.45, 2.75) is 38.5 Å². The number of hydrogen-bond acceptors (Lipinski definition) is 3. The quantitative estimate of drug-likeness (QED) is 0.764. The van der Waals surface area contributed by atoms with Gasteiger partial charge in [0.05, 0.1) is 6.54 Å². The van der Waals surface area contributed by atoms with E-state index in [1.165, 1.54) is 12.8 Å². The first-order valence-corrected chi connectivity index (χ1v) is 7.36. The summed E-state index contributed by atoms with van der Waals surface area (Å²) in [6.07, 6.45) is 5.93. The molecule has 19 heavy (non-hydrogen) atoms.